The molecule has 2 saturated heterocycles. The smallest absolute Gasteiger partial charge is 0.303 e. The third-order valence-electron chi connectivity index (χ3n) is 11.6. The predicted molar refractivity (Wildman–Crippen MR) is 238 cm³/mol. The van der Waals surface area contributed by atoms with Crippen molar-refractivity contribution >= 4 is 23.8 Å². The van der Waals surface area contributed by atoms with Crippen LogP contribution in [0.5, 0.6) is 0 Å². The Hall–Kier alpha value is -6.14. The lowest BCUT2D eigenvalue weighted by Gasteiger charge is -2.50. The zero-order chi connectivity index (χ0) is 46.7. The highest BCUT2D eigenvalue weighted by Gasteiger charge is 2.58. The monoisotopic (exact) mass is 915 g/mol. The van der Waals surface area contributed by atoms with Crippen LogP contribution in [0.25, 0.3) is 0 Å². The molecule has 15 nitrogen and oxygen atoms in total. The third-order valence-corrected chi connectivity index (χ3v) is 11.6. The molecule has 8 rings (SSSR count). The van der Waals surface area contributed by atoms with E-state index >= 15 is 0 Å². The first-order chi connectivity index (χ1) is 32.6. The molecular formula is C52H53NO14. The normalized spacial score (nSPS) is 25.9. The van der Waals surface area contributed by atoms with Crippen molar-refractivity contribution in [3.8, 4) is 0 Å². The van der Waals surface area contributed by atoms with Crippen LogP contribution in [0, 0.1) is 0 Å². The maximum Gasteiger partial charge on any atom is 0.303 e. The van der Waals surface area contributed by atoms with Gasteiger partial charge in [-0.25, -0.2) is 0 Å². The van der Waals surface area contributed by atoms with Gasteiger partial charge in [0.15, 0.2) is 18.7 Å². The number of nitrogens with zero attached hydrogens (tertiary/aromatic N) is 1. The molecule has 2 fully saturated rings. The molecule has 10 atom stereocenters. The molecule has 15 heteroatoms. The number of rotatable bonds is 19. The Morgan fingerprint density at radius 2 is 0.970 bits per heavy atom. The number of esters is 2. The largest absolute Gasteiger partial charge is 0.463 e. The molecule has 0 saturated carbocycles. The lowest BCUT2D eigenvalue weighted by molar-refractivity contribution is -0.360. The molecule has 0 aliphatic carbocycles. The third kappa shape index (κ3) is 11.7. The molecule has 2 amide bonds. The van der Waals surface area contributed by atoms with E-state index in [1.165, 1.54) is 19.1 Å². The van der Waals surface area contributed by atoms with Crippen LogP contribution in [0.15, 0.2) is 146 Å². The molecule has 0 radical (unpaired) electrons. The number of carbonyl (C=O) groups is 4. The number of benzene rings is 5. The summed E-state index contributed by atoms with van der Waals surface area (Å²) in [7, 11) is 0. The minimum atomic E-state index is -1.94. The standard InChI is InChI=1S/C52H53NO14/c1-33(54)60-32-42-45(64-34(2)55)46(43(51(58)65-42)53-49(56)39-25-15-16-26-40(39)50(53)57)67-52-48(63-30-38-23-13-6-14-24-38)47(62-29-37-21-11-5-12-22-37)44(61-28-36-19-9-4-10-20-36)41(66-52)31-59-27-35-17-7-3-8-18-35/h3-26,41-48,51-52,58H,27-32H2,1-2H3/t41-,42-,43-,44+,45-,46-,47+,48-,51-,52-/m1/s1. The van der Waals surface area contributed by atoms with Gasteiger partial charge in [0.1, 0.15) is 49.3 Å². The SMILES string of the molecule is CC(=O)OC[C@H]1O[C@@H](O)[C@H](N2C(=O)c3ccccc3C2=O)[C@@H](O[C@H]2O[C@H](COCc3ccccc3)[C@H](OCc3ccccc3)[C@H](OCc3ccccc3)[C@H]2OCc2ccccc2)[C@@H]1OC(C)=O. The van der Waals surface area contributed by atoms with E-state index in [0.29, 0.717) is 0 Å². The fourth-order valence-corrected chi connectivity index (χ4v) is 8.50. The Bertz CT molecular complexity index is 2370. The van der Waals surface area contributed by atoms with Crippen LogP contribution in [0.1, 0.15) is 56.8 Å². The average Bonchev–Trinajstić information content (AvgIpc) is 3.59. The number of aliphatic hydroxyl groups is 1. The fraction of sp³-hybridized carbons (Fsp3) is 0.346. The summed E-state index contributed by atoms with van der Waals surface area (Å²) in [4.78, 5) is 54.5. The molecule has 0 bridgehead atoms. The summed E-state index contributed by atoms with van der Waals surface area (Å²) in [5.74, 6) is -2.95. The molecule has 0 aromatic heterocycles. The lowest BCUT2D eigenvalue weighted by atomic mass is 9.93. The number of aliphatic hydroxyl groups excluding tert-OH is 1. The molecule has 0 spiro atoms. The molecule has 0 unspecified atom stereocenters. The van der Waals surface area contributed by atoms with Crippen molar-refractivity contribution in [2.45, 2.75) is 102 Å². The molecule has 5 aromatic carbocycles. The first-order valence-electron chi connectivity index (χ1n) is 22.1. The predicted octanol–water partition coefficient (Wildman–Crippen LogP) is 5.95. The van der Waals surface area contributed by atoms with Crippen molar-refractivity contribution < 1.29 is 66.9 Å². The van der Waals surface area contributed by atoms with Crippen LogP contribution in [0.2, 0.25) is 0 Å². The molecule has 350 valence electrons. The van der Waals surface area contributed by atoms with Crippen molar-refractivity contribution in [1.29, 1.82) is 0 Å². The number of carbonyl (C=O) groups excluding carboxylic acids is 4. The number of imide groups is 1. The summed E-state index contributed by atoms with van der Waals surface area (Å²) >= 11 is 0. The zero-order valence-corrected chi connectivity index (χ0v) is 37.1. The van der Waals surface area contributed by atoms with Crippen molar-refractivity contribution in [3.05, 3.63) is 179 Å². The Kier molecular flexibility index (Phi) is 16.0. The van der Waals surface area contributed by atoms with Crippen LogP contribution in [-0.4, -0.2) is 108 Å². The second kappa shape index (κ2) is 22.6. The summed E-state index contributed by atoms with van der Waals surface area (Å²) in [5, 5.41) is 11.9. The Morgan fingerprint density at radius 3 is 1.46 bits per heavy atom. The van der Waals surface area contributed by atoms with Gasteiger partial charge in [-0.15, -0.1) is 0 Å². The van der Waals surface area contributed by atoms with Gasteiger partial charge in [-0.05, 0) is 34.4 Å². The number of fused-ring (bicyclic) bond motifs is 1. The zero-order valence-electron chi connectivity index (χ0n) is 37.1. The average molecular weight is 916 g/mol. The van der Waals surface area contributed by atoms with E-state index in [0.717, 1.165) is 34.1 Å². The number of hydrogen-bond donors (Lipinski definition) is 1. The maximum absolute atomic E-state index is 14.2. The van der Waals surface area contributed by atoms with Gasteiger partial charge < -0.3 is 47.7 Å². The first-order valence-corrected chi connectivity index (χ1v) is 22.1. The molecule has 3 aliphatic heterocycles. The Labute approximate surface area is 388 Å². The minimum Gasteiger partial charge on any atom is -0.463 e. The highest BCUT2D eigenvalue weighted by molar-refractivity contribution is 6.21. The van der Waals surface area contributed by atoms with E-state index < -0.39 is 91.7 Å². The van der Waals surface area contributed by atoms with Gasteiger partial charge in [0.05, 0.1) is 44.2 Å². The second-order valence-electron chi connectivity index (χ2n) is 16.4. The van der Waals surface area contributed by atoms with Crippen LogP contribution < -0.4 is 0 Å². The Balaban J connectivity index is 1.22. The second-order valence-corrected chi connectivity index (χ2v) is 16.4. The molecular weight excluding hydrogens is 863 g/mol. The first kappa shape index (κ1) is 47.4. The molecule has 3 aliphatic rings. The minimum absolute atomic E-state index is 0.0362. The molecule has 1 N–H and O–H groups in total. The van der Waals surface area contributed by atoms with Gasteiger partial charge in [0, 0.05) is 13.8 Å². The topological polar surface area (TPSA) is 175 Å². The summed E-state index contributed by atoms with van der Waals surface area (Å²) < 4.78 is 58.0. The van der Waals surface area contributed by atoms with Gasteiger partial charge >= 0.3 is 11.9 Å². The van der Waals surface area contributed by atoms with E-state index in [1.54, 1.807) is 12.1 Å². The van der Waals surface area contributed by atoms with E-state index in [9.17, 15) is 24.3 Å². The van der Waals surface area contributed by atoms with E-state index in [2.05, 4.69) is 0 Å². The molecule has 5 aromatic rings. The van der Waals surface area contributed by atoms with Gasteiger partial charge in [-0.3, -0.25) is 24.1 Å². The van der Waals surface area contributed by atoms with Gasteiger partial charge in [0.2, 0.25) is 0 Å². The van der Waals surface area contributed by atoms with Crippen molar-refractivity contribution in [2.24, 2.45) is 0 Å². The van der Waals surface area contributed by atoms with Crippen LogP contribution in [0.3, 0.4) is 0 Å². The molecule has 3 heterocycles. The van der Waals surface area contributed by atoms with E-state index in [-0.39, 0.29) is 44.2 Å². The fourth-order valence-electron chi connectivity index (χ4n) is 8.50. The van der Waals surface area contributed by atoms with Crippen LogP contribution in [-0.2, 0) is 78.6 Å². The summed E-state index contributed by atoms with van der Waals surface area (Å²) in [6, 6.07) is 42.8. The quantitative estimate of drug-likeness (QED) is 0.0761. The summed E-state index contributed by atoms with van der Waals surface area (Å²) in [6.45, 7) is 2.35. The van der Waals surface area contributed by atoms with Crippen LogP contribution >= 0.6 is 0 Å². The number of hydrogen-bond acceptors (Lipinski definition) is 14. The molecule has 67 heavy (non-hydrogen) atoms. The lowest BCUT2D eigenvalue weighted by Crippen LogP contribution is -2.69. The van der Waals surface area contributed by atoms with Crippen molar-refractivity contribution in [2.75, 3.05) is 13.2 Å². The highest BCUT2D eigenvalue weighted by Crippen LogP contribution is 2.38. The number of amides is 2. The summed E-state index contributed by atoms with van der Waals surface area (Å²) in [6.07, 6.45) is -11.8. The van der Waals surface area contributed by atoms with Crippen molar-refractivity contribution in [1.82, 2.24) is 4.90 Å². The van der Waals surface area contributed by atoms with Gasteiger partial charge in [0.25, 0.3) is 11.8 Å². The summed E-state index contributed by atoms with van der Waals surface area (Å²) in [5.41, 5.74) is 3.64. The number of ether oxygens (including phenoxy) is 9. The van der Waals surface area contributed by atoms with Gasteiger partial charge in [-0.1, -0.05) is 133 Å². The van der Waals surface area contributed by atoms with E-state index in [4.69, 9.17) is 42.6 Å². The van der Waals surface area contributed by atoms with Crippen molar-refractivity contribution in [3.63, 3.8) is 0 Å². The Morgan fingerprint density at radius 1 is 0.522 bits per heavy atom. The highest BCUT2D eigenvalue weighted by atomic mass is 16.7. The maximum atomic E-state index is 14.2. The van der Waals surface area contributed by atoms with Crippen LogP contribution in [0.4, 0.5) is 0 Å². The van der Waals surface area contributed by atoms with E-state index in [1.807, 2.05) is 121 Å². The van der Waals surface area contributed by atoms with Gasteiger partial charge in [-0.2, -0.15) is 0 Å².